The summed E-state index contributed by atoms with van der Waals surface area (Å²) in [6.45, 7) is 6.25. The lowest BCUT2D eigenvalue weighted by Crippen LogP contribution is -2.29. The maximum absolute atomic E-state index is 6.05. The van der Waals surface area contributed by atoms with Gasteiger partial charge >= 0.3 is 0 Å². The van der Waals surface area contributed by atoms with Gasteiger partial charge in [0.05, 0.1) is 11.9 Å². The predicted octanol–water partition coefficient (Wildman–Crippen LogP) is 4.09. The number of rotatable bonds is 8. The maximum Gasteiger partial charge on any atom is 0.179 e. The molecule has 3 fully saturated rings. The smallest absolute Gasteiger partial charge is 0.179 e. The van der Waals surface area contributed by atoms with Gasteiger partial charge in [0.25, 0.3) is 0 Å². The van der Waals surface area contributed by atoms with E-state index >= 15 is 0 Å². The third kappa shape index (κ3) is 3.98. The third-order valence-corrected chi connectivity index (χ3v) is 6.08. The van der Waals surface area contributed by atoms with E-state index < -0.39 is 0 Å². The number of hydrogen-bond donors (Lipinski definition) is 3. The number of hydrogen-bond acceptors (Lipinski definition) is 6. The Kier molecular flexibility index (Phi) is 4.25. The fourth-order valence-corrected chi connectivity index (χ4v) is 3.97. The number of ether oxygens (including phenoxy) is 1. The summed E-state index contributed by atoms with van der Waals surface area (Å²) < 4.78 is 6.05. The second-order valence-corrected chi connectivity index (χ2v) is 8.80. The Morgan fingerprint density at radius 3 is 2.79 bits per heavy atom. The van der Waals surface area contributed by atoms with E-state index in [2.05, 4.69) is 50.4 Å². The number of anilines is 2. The van der Waals surface area contributed by atoms with E-state index in [1.165, 1.54) is 25.7 Å². The molecule has 2 atom stereocenters. The molecule has 0 aromatic carbocycles. The molecular formula is C21H28N6O. The van der Waals surface area contributed by atoms with Gasteiger partial charge in [-0.2, -0.15) is 5.10 Å². The van der Waals surface area contributed by atoms with Crippen molar-refractivity contribution in [2.24, 2.45) is 0 Å². The van der Waals surface area contributed by atoms with Crippen LogP contribution in [0.25, 0.3) is 0 Å². The van der Waals surface area contributed by atoms with E-state index in [0.29, 0.717) is 17.7 Å². The Balaban J connectivity index is 1.16. The molecule has 0 amide bonds. The molecule has 3 saturated carbocycles. The first-order valence-electron chi connectivity index (χ1n) is 10.3. The summed E-state index contributed by atoms with van der Waals surface area (Å²) in [4.78, 5) is 8.95. The molecule has 3 N–H and O–H groups in total. The molecule has 0 radical (unpaired) electrons. The average Bonchev–Trinajstić information content (AvgIpc) is 3.54. The molecular weight excluding hydrogens is 352 g/mol. The Hall–Kier alpha value is -2.57. The van der Waals surface area contributed by atoms with Gasteiger partial charge in [0, 0.05) is 35.3 Å². The van der Waals surface area contributed by atoms with Crippen LogP contribution in [0.4, 0.5) is 11.6 Å². The van der Waals surface area contributed by atoms with Crippen molar-refractivity contribution in [1.82, 2.24) is 25.5 Å². The molecule has 2 aromatic heterocycles. The zero-order valence-electron chi connectivity index (χ0n) is 16.4. The van der Waals surface area contributed by atoms with Gasteiger partial charge in [0.2, 0.25) is 0 Å². The minimum Gasteiger partial charge on any atom is -0.476 e. The lowest BCUT2D eigenvalue weighted by atomic mass is 10.0. The van der Waals surface area contributed by atoms with Crippen LogP contribution in [0.1, 0.15) is 75.1 Å². The van der Waals surface area contributed by atoms with Crippen LogP contribution in [-0.4, -0.2) is 31.8 Å². The summed E-state index contributed by atoms with van der Waals surface area (Å²) in [6.07, 6.45) is 11.8. The highest BCUT2D eigenvalue weighted by Gasteiger charge is 2.38. The second-order valence-electron chi connectivity index (χ2n) is 8.80. The summed E-state index contributed by atoms with van der Waals surface area (Å²) >= 11 is 0. The highest BCUT2D eigenvalue weighted by atomic mass is 16.5. The van der Waals surface area contributed by atoms with Crippen molar-refractivity contribution in [1.29, 1.82) is 0 Å². The molecule has 0 saturated heterocycles. The highest BCUT2D eigenvalue weighted by Crippen LogP contribution is 2.40. The van der Waals surface area contributed by atoms with Gasteiger partial charge in [-0.15, -0.1) is 0 Å². The van der Waals surface area contributed by atoms with Gasteiger partial charge < -0.3 is 15.4 Å². The zero-order chi connectivity index (χ0) is 19.1. The molecule has 3 aliphatic carbocycles. The predicted molar refractivity (Wildman–Crippen MR) is 107 cm³/mol. The van der Waals surface area contributed by atoms with E-state index in [4.69, 9.17) is 4.74 Å². The van der Waals surface area contributed by atoms with E-state index in [0.717, 1.165) is 42.3 Å². The molecule has 2 heterocycles. The Morgan fingerprint density at radius 2 is 2.00 bits per heavy atom. The van der Waals surface area contributed by atoms with Gasteiger partial charge in [-0.1, -0.05) is 0 Å². The number of aromatic nitrogens is 4. The van der Waals surface area contributed by atoms with Gasteiger partial charge in [0.1, 0.15) is 11.9 Å². The first-order chi connectivity index (χ1) is 13.6. The minimum atomic E-state index is 0.207. The lowest BCUT2D eigenvalue weighted by molar-refractivity contribution is 0.102. The molecule has 3 aliphatic rings. The van der Waals surface area contributed by atoms with Crippen LogP contribution in [-0.2, 0) is 4.74 Å². The average molecular weight is 380 g/mol. The topological polar surface area (TPSA) is 87.8 Å². The molecule has 7 heteroatoms. The van der Waals surface area contributed by atoms with Crippen molar-refractivity contribution in [3.8, 4) is 0 Å². The van der Waals surface area contributed by atoms with Crippen molar-refractivity contribution >= 4 is 11.6 Å². The standard InChI is InChI=1S/C21H28N6O/c1-13(25-21(2)7-8-21)28-16-6-5-15(9-16)17-10-19(27-26-17)24-20-12-22-11-18(23-20)14-3-4-14/h10-12,14-16,25H,1,3-9H2,2H3,(H2,23,24,26,27)/t15-,16+/m0/s1. The SMILES string of the molecule is C=C(NC1(C)CC1)O[C@@H]1CC[C@H](c2cc(Nc3cncc(C4CC4)n3)n[nH]2)C1. The number of aromatic amines is 1. The van der Waals surface area contributed by atoms with E-state index in [9.17, 15) is 0 Å². The summed E-state index contributed by atoms with van der Waals surface area (Å²) in [5.41, 5.74) is 2.43. The van der Waals surface area contributed by atoms with E-state index in [1.54, 1.807) is 6.20 Å². The van der Waals surface area contributed by atoms with Crippen LogP contribution in [0.2, 0.25) is 0 Å². The van der Waals surface area contributed by atoms with Crippen molar-refractivity contribution in [2.45, 2.75) is 75.3 Å². The molecule has 148 valence electrons. The molecule has 0 aliphatic heterocycles. The van der Waals surface area contributed by atoms with Gasteiger partial charge in [-0.05, 0) is 58.4 Å². The maximum atomic E-state index is 6.05. The normalized spacial score (nSPS) is 25.3. The van der Waals surface area contributed by atoms with Crippen LogP contribution >= 0.6 is 0 Å². The Bertz CT molecular complexity index is 869. The molecule has 2 aromatic rings. The van der Waals surface area contributed by atoms with Crippen molar-refractivity contribution in [2.75, 3.05) is 5.32 Å². The Morgan fingerprint density at radius 1 is 1.18 bits per heavy atom. The highest BCUT2D eigenvalue weighted by molar-refractivity contribution is 5.51. The van der Waals surface area contributed by atoms with Crippen LogP contribution < -0.4 is 10.6 Å². The summed E-state index contributed by atoms with van der Waals surface area (Å²) in [6, 6.07) is 2.08. The van der Waals surface area contributed by atoms with Crippen molar-refractivity contribution < 1.29 is 4.74 Å². The summed E-state index contributed by atoms with van der Waals surface area (Å²) in [5.74, 6) is 3.28. The van der Waals surface area contributed by atoms with E-state index in [-0.39, 0.29) is 11.6 Å². The second kappa shape index (κ2) is 6.79. The van der Waals surface area contributed by atoms with E-state index in [1.807, 2.05) is 6.20 Å². The van der Waals surface area contributed by atoms with Crippen molar-refractivity contribution in [3.05, 3.63) is 42.3 Å². The first-order valence-corrected chi connectivity index (χ1v) is 10.3. The molecule has 0 bridgehead atoms. The third-order valence-electron chi connectivity index (χ3n) is 6.08. The van der Waals surface area contributed by atoms with Gasteiger partial charge in [0.15, 0.2) is 11.7 Å². The molecule has 0 unspecified atom stereocenters. The quantitative estimate of drug-likeness (QED) is 0.598. The fraction of sp³-hybridized carbons (Fsp3) is 0.571. The van der Waals surface area contributed by atoms with Crippen LogP contribution in [0, 0.1) is 0 Å². The zero-order valence-corrected chi connectivity index (χ0v) is 16.4. The first kappa shape index (κ1) is 17.5. The number of H-pyrrole nitrogens is 1. The largest absolute Gasteiger partial charge is 0.476 e. The summed E-state index contributed by atoms with van der Waals surface area (Å²) in [7, 11) is 0. The van der Waals surface area contributed by atoms with Gasteiger partial charge in [-0.25, -0.2) is 4.98 Å². The molecule has 0 spiro atoms. The summed E-state index contributed by atoms with van der Waals surface area (Å²) in [5, 5.41) is 14.3. The van der Waals surface area contributed by atoms with Gasteiger partial charge in [-0.3, -0.25) is 10.1 Å². The lowest BCUT2D eigenvalue weighted by Gasteiger charge is -2.20. The van der Waals surface area contributed by atoms with Crippen molar-refractivity contribution in [3.63, 3.8) is 0 Å². The fourth-order valence-electron chi connectivity index (χ4n) is 3.97. The molecule has 28 heavy (non-hydrogen) atoms. The number of nitrogens with zero attached hydrogens (tertiary/aromatic N) is 3. The van der Waals surface area contributed by atoms with Crippen LogP contribution in [0.3, 0.4) is 0 Å². The molecule has 7 nitrogen and oxygen atoms in total. The van der Waals surface area contributed by atoms with Crippen LogP contribution in [0.5, 0.6) is 0 Å². The minimum absolute atomic E-state index is 0.207. The monoisotopic (exact) mass is 380 g/mol. The Labute approximate surface area is 165 Å². The molecule has 5 rings (SSSR count). The number of nitrogens with one attached hydrogen (secondary N) is 3. The van der Waals surface area contributed by atoms with Crippen LogP contribution in [0.15, 0.2) is 30.9 Å².